The van der Waals surface area contributed by atoms with Crippen LogP contribution in [0.2, 0.25) is 0 Å². The highest BCUT2D eigenvalue weighted by Crippen LogP contribution is 2.17. The molecule has 19 heavy (non-hydrogen) atoms. The molecule has 1 amide bonds. The number of amides is 1. The number of hydrogen-bond donors (Lipinski definition) is 3. The van der Waals surface area contributed by atoms with Gasteiger partial charge in [-0.15, -0.1) is 0 Å². The highest BCUT2D eigenvalue weighted by Gasteiger charge is 2.12. The van der Waals surface area contributed by atoms with Gasteiger partial charge in [0.05, 0.1) is 11.8 Å². The number of carbonyl (C=O) groups is 1. The van der Waals surface area contributed by atoms with E-state index in [2.05, 4.69) is 39.0 Å². The molecule has 0 fully saturated rings. The highest BCUT2D eigenvalue weighted by atomic mass is 16.1. The Morgan fingerprint density at radius 3 is 3.00 bits per heavy atom. The van der Waals surface area contributed by atoms with E-state index in [1.165, 1.54) is 11.1 Å². The predicted molar refractivity (Wildman–Crippen MR) is 71.5 cm³/mol. The van der Waals surface area contributed by atoms with E-state index in [1.807, 2.05) is 6.92 Å². The van der Waals surface area contributed by atoms with Crippen LogP contribution in [0.5, 0.6) is 0 Å². The Morgan fingerprint density at radius 2 is 2.21 bits per heavy atom. The summed E-state index contributed by atoms with van der Waals surface area (Å²) < 4.78 is 0. The summed E-state index contributed by atoms with van der Waals surface area (Å²) in [5, 5.41) is 12.8. The van der Waals surface area contributed by atoms with Crippen LogP contribution in [0, 0.1) is 6.92 Å². The minimum atomic E-state index is -0.0927. The second-order valence-electron chi connectivity index (χ2n) is 4.80. The maximum atomic E-state index is 12.0. The molecule has 0 unspecified atom stereocenters. The van der Waals surface area contributed by atoms with Crippen LogP contribution in [0.25, 0.3) is 0 Å². The fourth-order valence-electron chi connectivity index (χ4n) is 2.32. The molecule has 0 radical (unpaired) electrons. The first kappa shape index (κ1) is 11.9. The van der Waals surface area contributed by atoms with Gasteiger partial charge in [-0.25, -0.2) is 0 Å². The van der Waals surface area contributed by atoms with Gasteiger partial charge in [0.1, 0.15) is 0 Å². The first-order valence-corrected chi connectivity index (χ1v) is 6.33. The first-order valence-electron chi connectivity index (χ1n) is 6.33. The van der Waals surface area contributed by atoms with Crippen molar-refractivity contribution in [2.24, 2.45) is 0 Å². The summed E-state index contributed by atoms with van der Waals surface area (Å²) in [6.07, 6.45) is 1.55. The lowest BCUT2D eigenvalue weighted by Gasteiger charge is -2.06. The van der Waals surface area contributed by atoms with E-state index in [9.17, 15) is 4.79 Å². The van der Waals surface area contributed by atoms with E-state index in [-0.39, 0.29) is 5.91 Å². The summed E-state index contributed by atoms with van der Waals surface area (Å²) in [4.78, 5) is 12.0. The summed E-state index contributed by atoms with van der Waals surface area (Å²) in [6.45, 7) is 4.23. The molecule has 5 heteroatoms. The number of aromatic amines is 1. The monoisotopic (exact) mass is 256 g/mol. The predicted octanol–water partition coefficient (Wildman–Crippen LogP) is 1.25. The Kier molecular flexibility index (Phi) is 3.05. The fourth-order valence-corrected chi connectivity index (χ4v) is 2.32. The van der Waals surface area contributed by atoms with Crippen molar-refractivity contribution < 1.29 is 4.79 Å². The Morgan fingerprint density at radius 1 is 1.37 bits per heavy atom. The molecule has 2 aromatic rings. The maximum absolute atomic E-state index is 12.0. The number of nitrogens with one attached hydrogen (secondary N) is 3. The van der Waals surface area contributed by atoms with Crippen molar-refractivity contribution in [3.05, 3.63) is 52.3 Å². The molecule has 98 valence electrons. The van der Waals surface area contributed by atoms with Crippen LogP contribution >= 0.6 is 0 Å². The van der Waals surface area contributed by atoms with E-state index >= 15 is 0 Å². The van der Waals surface area contributed by atoms with Crippen molar-refractivity contribution in [1.82, 2.24) is 20.8 Å². The molecule has 0 bridgehead atoms. The van der Waals surface area contributed by atoms with Gasteiger partial charge < -0.3 is 10.6 Å². The minimum Gasteiger partial charge on any atom is -0.348 e. The van der Waals surface area contributed by atoms with Crippen molar-refractivity contribution in [2.45, 2.75) is 26.6 Å². The van der Waals surface area contributed by atoms with Gasteiger partial charge in [0.2, 0.25) is 0 Å². The summed E-state index contributed by atoms with van der Waals surface area (Å²) >= 11 is 0. The number of nitrogens with zero attached hydrogens (tertiary/aromatic N) is 1. The SMILES string of the molecule is Cc1[nH]ncc1C(=O)NCc1ccc2c(c1)CNC2. The first-order chi connectivity index (χ1) is 9.24. The van der Waals surface area contributed by atoms with E-state index in [1.54, 1.807) is 6.20 Å². The molecule has 0 saturated carbocycles. The maximum Gasteiger partial charge on any atom is 0.255 e. The molecular formula is C14H16N4O. The van der Waals surface area contributed by atoms with Gasteiger partial charge in [0.25, 0.3) is 5.91 Å². The van der Waals surface area contributed by atoms with Gasteiger partial charge in [-0.3, -0.25) is 9.89 Å². The number of hydrogen-bond acceptors (Lipinski definition) is 3. The molecule has 0 spiro atoms. The Balaban J connectivity index is 1.66. The van der Waals surface area contributed by atoms with Gasteiger partial charge in [-0.1, -0.05) is 18.2 Å². The van der Waals surface area contributed by atoms with E-state index < -0.39 is 0 Å². The van der Waals surface area contributed by atoms with Crippen LogP contribution in [0.3, 0.4) is 0 Å². The number of aromatic nitrogens is 2. The minimum absolute atomic E-state index is 0.0927. The summed E-state index contributed by atoms with van der Waals surface area (Å²) in [5.74, 6) is -0.0927. The number of H-pyrrole nitrogens is 1. The standard InChI is InChI=1S/C14H16N4O/c1-9-13(8-17-18-9)14(19)16-5-10-2-3-11-6-15-7-12(11)4-10/h2-4,8,15H,5-7H2,1H3,(H,16,19)(H,17,18). The largest absolute Gasteiger partial charge is 0.348 e. The van der Waals surface area contributed by atoms with Gasteiger partial charge in [0, 0.05) is 25.3 Å². The fraction of sp³-hybridized carbons (Fsp3) is 0.286. The third-order valence-corrected chi connectivity index (χ3v) is 3.43. The van der Waals surface area contributed by atoms with Gasteiger partial charge in [-0.05, 0) is 23.6 Å². The molecule has 3 N–H and O–H groups in total. The second-order valence-corrected chi connectivity index (χ2v) is 4.80. The van der Waals surface area contributed by atoms with Gasteiger partial charge in [-0.2, -0.15) is 5.10 Å². The lowest BCUT2D eigenvalue weighted by Crippen LogP contribution is -2.23. The molecule has 1 aliphatic heterocycles. The van der Waals surface area contributed by atoms with Crippen molar-refractivity contribution in [1.29, 1.82) is 0 Å². The second kappa shape index (κ2) is 4.85. The number of carbonyl (C=O) groups excluding carboxylic acids is 1. The van der Waals surface area contributed by atoms with Crippen LogP contribution in [0.15, 0.2) is 24.4 Å². The molecule has 0 aliphatic carbocycles. The van der Waals surface area contributed by atoms with Crippen LogP contribution in [-0.4, -0.2) is 16.1 Å². The Bertz CT molecular complexity index is 618. The lowest BCUT2D eigenvalue weighted by molar-refractivity contribution is 0.0950. The molecule has 1 aromatic heterocycles. The van der Waals surface area contributed by atoms with Crippen LogP contribution < -0.4 is 10.6 Å². The molecule has 0 saturated heterocycles. The average molecular weight is 256 g/mol. The van der Waals surface area contributed by atoms with Crippen molar-refractivity contribution in [2.75, 3.05) is 0 Å². The molecular weight excluding hydrogens is 240 g/mol. The smallest absolute Gasteiger partial charge is 0.255 e. The number of aryl methyl sites for hydroxylation is 1. The molecule has 1 aromatic carbocycles. The zero-order valence-corrected chi connectivity index (χ0v) is 10.8. The molecule has 0 atom stereocenters. The van der Waals surface area contributed by atoms with Crippen LogP contribution in [-0.2, 0) is 19.6 Å². The number of rotatable bonds is 3. The summed E-state index contributed by atoms with van der Waals surface area (Å²) in [6, 6.07) is 6.34. The highest BCUT2D eigenvalue weighted by molar-refractivity contribution is 5.94. The third kappa shape index (κ3) is 2.37. The van der Waals surface area contributed by atoms with Crippen molar-refractivity contribution in [3.63, 3.8) is 0 Å². The molecule has 2 heterocycles. The van der Waals surface area contributed by atoms with Crippen LogP contribution in [0.4, 0.5) is 0 Å². The molecule has 5 nitrogen and oxygen atoms in total. The molecule has 3 rings (SSSR count). The number of fused-ring (bicyclic) bond motifs is 1. The molecule has 1 aliphatic rings. The van der Waals surface area contributed by atoms with Crippen molar-refractivity contribution >= 4 is 5.91 Å². The zero-order valence-electron chi connectivity index (χ0n) is 10.8. The normalized spacial score (nSPS) is 13.3. The lowest BCUT2D eigenvalue weighted by atomic mass is 10.1. The average Bonchev–Trinajstić information content (AvgIpc) is 3.03. The summed E-state index contributed by atoms with van der Waals surface area (Å²) in [5.41, 5.74) is 5.18. The van der Waals surface area contributed by atoms with Crippen LogP contribution in [0.1, 0.15) is 32.7 Å². The van der Waals surface area contributed by atoms with E-state index in [0.717, 1.165) is 24.3 Å². The Hall–Kier alpha value is -2.14. The third-order valence-electron chi connectivity index (χ3n) is 3.43. The van der Waals surface area contributed by atoms with Crippen molar-refractivity contribution in [3.8, 4) is 0 Å². The summed E-state index contributed by atoms with van der Waals surface area (Å²) in [7, 11) is 0. The zero-order chi connectivity index (χ0) is 13.2. The van der Waals surface area contributed by atoms with E-state index in [4.69, 9.17) is 0 Å². The van der Waals surface area contributed by atoms with E-state index in [0.29, 0.717) is 12.1 Å². The Labute approximate surface area is 111 Å². The quantitative estimate of drug-likeness (QED) is 0.774. The topological polar surface area (TPSA) is 69.8 Å². The number of benzene rings is 1. The van der Waals surface area contributed by atoms with Gasteiger partial charge >= 0.3 is 0 Å². The van der Waals surface area contributed by atoms with Gasteiger partial charge in [0.15, 0.2) is 0 Å².